The van der Waals surface area contributed by atoms with Gasteiger partial charge in [0.15, 0.2) is 10.4 Å². The molecule has 0 spiro atoms. The Labute approximate surface area is 149 Å². The van der Waals surface area contributed by atoms with Crippen molar-refractivity contribution in [1.82, 2.24) is 10.0 Å². The first-order chi connectivity index (χ1) is 11.2. The molecule has 0 aliphatic carbocycles. The van der Waals surface area contributed by atoms with E-state index >= 15 is 0 Å². The second-order valence-electron chi connectivity index (χ2n) is 5.63. The molecule has 0 saturated carbocycles. The lowest BCUT2D eigenvalue weighted by atomic mass is 10.1. The summed E-state index contributed by atoms with van der Waals surface area (Å²) in [5.74, 6) is -0.157. The predicted octanol–water partition coefficient (Wildman–Crippen LogP) is 2.80. The van der Waals surface area contributed by atoms with Crippen LogP contribution in [0.2, 0.25) is 0 Å². The largest absolute Gasteiger partial charge is 0.444 e. The molecule has 1 amide bonds. The molecule has 0 unspecified atom stereocenters. The molecule has 0 fully saturated rings. The molecule has 1 heterocycles. The van der Waals surface area contributed by atoms with Crippen molar-refractivity contribution >= 4 is 31.9 Å². The monoisotopic (exact) mass is 414 g/mol. The Morgan fingerprint density at radius 1 is 1.12 bits per heavy atom. The summed E-state index contributed by atoms with van der Waals surface area (Å²) in [5.41, 5.74) is 1.56. The number of furan rings is 1. The SMILES string of the molecule is CC(C)NS(=O)(=O)Cc1ccc(CNC(=O)c2ccc(Br)o2)cc1. The lowest BCUT2D eigenvalue weighted by Gasteiger charge is -2.10. The van der Waals surface area contributed by atoms with Crippen molar-refractivity contribution in [2.75, 3.05) is 0 Å². The number of hydrogen-bond donors (Lipinski definition) is 2. The summed E-state index contributed by atoms with van der Waals surface area (Å²) in [4.78, 5) is 11.9. The molecule has 2 aromatic rings. The zero-order valence-electron chi connectivity index (χ0n) is 13.4. The van der Waals surface area contributed by atoms with Crippen molar-refractivity contribution in [2.45, 2.75) is 32.2 Å². The predicted molar refractivity (Wildman–Crippen MR) is 94.9 cm³/mol. The molecular weight excluding hydrogens is 396 g/mol. The van der Waals surface area contributed by atoms with Crippen LogP contribution < -0.4 is 10.0 Å². The molecule has 0 radical (unpaired) electrons. The lowest BCUT2D eigenvalue weighted by molar-refractivity contribution is 0.0922. The standard InChI is InChI=1S/C16H19BrN2O4S/c1-11(2)19-24(21,22)10-13-5-3-12(4-6-13)9-18-16(20)14-7-8-15(17)23-14/h3-8,11,19H,9-10H2,1-2H3,(H,18,20). The second-order valence-corrected chi connectivity index (χ2v) is 8.17. The number of hydrogen-bond acceptors (Lipinski definition) is 4. The molecule has 2 N–H and O–H groups in total. The fourth-order valence-electron chi connectivity index (χ4n) is 2.08. The van der Waals surface area contributed by atoms with Crippen molar-refractivity contribution in [3.8, 4) is 0 Å². The van der Waals surface area contributed by atoms with Crippen molar-refractivity contribution < 1.29 is 17.6 Å². The van der Waals surface area contributed by atoms with E-state index in [1.807, 2.05) is 0 Å². The van der Waals surface area contributed by atoms with Crippen molar-refractivity contribution in [2.24, 2.45) is 0 Å². The van der Waals surface area contributed by atoms with Gasteiger partial charge in [0, 0.05) is 12.6 Å². The third kappa shape index (κ3) is 5.77. The van der Waals surface area contributed by atoms with Gasteiger partial charge in [-0.1, -0.05) is 24.3 Å². The summed E-state index contributed by atoms with van der Waals surface area (Å²) >= 11 is 3.14. The van der Waals surface area contributed by atoms with Crippen molar-refractivity contribution in [3.05, 3.63) is 58.0 Å². The molecule has 0 saturated heterocycles. The zero-order valence-corrected chi connectivity index (χ0v) is 15.8. The maximum atomic E-state index is 11.9. The quantitative estimate of drug-likeness (QED) is 0.728. The average Bonchev–Trinajstić information content (AvgIpc) is 2.91. The highest BCUT2D eigenvalue weighted by molar-refractivity contribution is 9.10. The lowest BCUT2D eigenvalue weighted by Crippen LogP contribution is -2.31. The van der Waals surface area contributed by atoms with Gasteiger partial charge < -0.3 is 9.73 Å². The summed E-state index contributed by atoms with van der Waals surface area (Å²) in [7, 11) is -3.34. The minimum atomic E-state index is -3.34. The van der Waals surface area contributed by atoms with E-state index in [9.17, 15) is 13.2 Å². The van der Waals surface area contributed by atoms with Gasteiger partial charge in [-0.3, -0.25) is 4.79 Å². The number of halogens is 1. The first-order valence-corrected chi connectivity index (χ1v) is 9.81. The van der Waals surface area contributed by atoms with Crippen molar-refractivity contribution in [3.63, 3.8) is 0 Å². The Morgan fingerprint density at radius 3 is 2.29 bits per heavy atom. The number of sulfonamides is 1. The van der Waals surface area contributed by atoms with E-state index in [0.29, 0.717) is 16.8 Å². The summed E-state index contributed by atoms with van der Waals surface area (Å²) in [6, 6.07) is 10.2. The fourth-order valence-corrected chi connectivity index (χ4v) is 3.82. The van der Waals surface area contributed by atoms with Crippen LogP contribution in [0.25, 0.3) is 0 Å². The number of nitrogens with one attached hydrogen (secondary N) is 2. The third-order valence-corrected chi connectivity index (χ3v) is 5.02. The first-order valence-electron chi connectivity index (χ1n) is 7.36. The molecule has 0 bridgehead atoms. The van der Waals surface area contributed by atoms with Crippen LogP contribution in [0.1, 0.15) is 35.5 Å². The van der Waals surface area contributed by atoms with Gasteiger partial charge in [0.1, 0.15) is 0 Å². The Hall–Kier alpha value is -1.64. The van der Waals surface area contributed by atoms with Crippen LogP contribution >= 0.6 is 15.9 Å². The van der Waals surface area contributed by atoms with Crippen LogP contribution in [0.15, 0.2) is 45.5 Å². The van der Waals surface area contributed by atoms with E-state index in [2.05, 4.69) is 26.0 Å². The average molecular weight is 415 g/mol. The highest BCUT2D eigenvalue weighted by atomic mass is 79.9. The highest BCUT2D eigenvalue weighted by Gasteiger charge is 2.13. The first kappa shape index (κ1) is 18.7. The Balaban J connectivity index is 1.91. The second kappa shape index (κ2) is 7.96. The molecule has 2 rings (SSSR count). The summed E-state index contributed by atoms with van der Waals surface area (Å²) in [5, 5.41) is 2.74. The molecule has 24 heavy (non-hydrogen) atoms. The molecular formula is C16H19BrN2O4S. The summed E-state index contributed by atoms with van der Waals surface area (Å²) in [6.07, 6.45) is 0. The normalized spacial score (nSPS) is 11.7. The Kier molecular flexibility index (Phi) is 6.20. The molecule has 0 aliphatic heterocycles. The van der Waals surface area contributed by atoms with Gasteiger partial charge in [-0.05, 0) is 53.0 Å². The summed E-state index contributed by atoms with van der Waals surface area (Å²) < 4.78 is 32.0. The minimum Gasteiger partial charge on any atom is -0.444 e. The van der Waals surface area contributed by atoms with Gasteiger partial charge in [0.2, 0.25) is 10.0 Å². The molecule has 6 nitrogen and oxygen atoms in total. The number of rotatable bonds is 7. The van der Waals surface area contributed by atoms with E-state index in [4.69, 9.17) is 4.42 Å². The topological polar surface area (TPSA) is 88.4 Å². The van der Waals surface area contributed by atoms with Gasteiger partial charge in [0.25, 0.3) is 5.91 Å². The van der Waals surface area contributed by atoms with Crippen molar-refractivity contribution in [1.29, 1.82) is 0 Å². The smallest absolute Gasteiger partial charge is 0.287 e. The number of amides is 1. The third-order valence-electron chi connectivity index (χ3n) is 3.04. The number of benzene rings is 1. The fraction of sp³-hybridized carbons (Fsp3) is 0.312. The number of carbonyl (C=O) groups is 1. The van der Waals surface area contributed by atoms with E-state index in [0.717, 1.165) is 5.56 Å². The van der Waals surface area contributed by atoms with E-state index in [-0.39, 0.29) is 23.5 Å². The van der Waals surface area contributed by atoms with E-state index in [1.165, 1.54) is 0 Å². The van der Waals surface area contributed by atoms with Crippen LogP contribution in [-0.4, -0.2) is 20.4 Å². The molecule has 0 atom stereocenters. The molecule has 130 valence electrons. The zero-order chi connectivity index (χ0) is 17.7. The Bertz CT molecular complexity index is 798. The van der Waals surface area contributed by atoms with E-state index < -0.39 is 10.0 Å². The number of carbonyl (C=O) groups excluding carboxylic acids is 1. The molecule has 0 aliphatic rings. The van der Waals surface area contributed by atoms with Crippen LogP contribution in [0.3, 0.4) is 0 Å². The highest BCUT2D eigenvalue weighted by Crippen LogP contribution is 2.14. The maximum absolute atomic E-state index is 11.9. The van der Waals surface area contributed by atoms with Gasteiger partial charge in [-0.15, -0.1) is 0 Å². The van der Waals surface area contributed by atoms with Gasteiger partial charge in [-0.2, -0.15) is 0 Å². The minimum absolute atomic E-state index is 0.0712. The van der Waals surface area contributed by atoms with Crippen LogP contribution in [0, 0.1) is 0 Å². The molecule has 1 aromatic heterocycles. The van der Waals surface area contributed by atoms with Crippen LogP contribution in [-0.2, 0) is 22.3 Å². The summed E-state index contributed by atoms with van der Waals surface area (Å²) in [6.45, 7) is 3.89. The van der Waals surface area contributed by atoms with Gasteiger partial charge >= 0.3 is 0 Å². The maximum Gasteiger partial charge on any atom is 0.287 e. The molecule has 8 heteroatoms. The van der Waals surface area contributed by atoms with Crippen LogP contribution in [0.5, 0.6) is 0 Å². The van der Waals surface area contributed by atoms with Crippen LogP contribution in [0.4, 0.5) is 0 Å². The van der Waals surface area contributed by atoms with E-state index in [1.54, 1.807) is 50.2 Å². The Morgan fingerprint density at radius 2 is 1.75 bits per heavy atom. The van der Waals surface area contributed by atoms with Gasteiger partial charge in [0.05, 0.1) is 5.75 Å². The molecule has 1 aromatic carbocycles. The van der Waals surface area contributed by atoms with Gasteiger partial charge in [-0.25, -0.2) is 13.1 Å².